The lowest BCUT2D eigenvalue weighted by Crippen LogP contribution is -2.48. The predicted octanol–water partition coefficient (Wildman–Crippen LogP) is -0.148. The number of anilines is 1. The van der Waals surface area contributed by atoms with Gasteiger partial charge >= 0.3 is 5.97 Å². The minimum atomic E-state index is -1.09. The van der Waals surface area contributed by atoms with Crippen LogP contribution in [0.3, 0.4) is 0 Å². The van der Waals surface area contributed by atoms with Gasteiger partial charge in [0, 0.05) is 0 Å². The summed E-state index contributed by atoms with van der Waals surface area (Å²) in [7, 11) is 0. The quantitative estimate of drug-likeness (QED) is 0.708. The predicted molar refractivity (Wildman–Crippen MR) is 68.9 cm³/mol. The van der Waals surface area contributed by atoms with Crippen LogP contribution in [0.2, 0.25) is 0 Å². The maximum absolute atomic E-state index is 12.1. The maximum Gasteiger partial charge on any atom is 0.335 e. The third kappa shape index (κ3) is 2.59. The molecular formula is C13H15NO6. The van der Waals surface area contributed by atoms with Crippen molar-refractivity contribution in [1.82, 2.24) is 0 Å². The standard InChI is InChI=1S/C13H15NO6/c1-7-12(17)14(5-9(16)6-15)10-3-2-8(13(18)19)4-11(10)20-7/h2-4,7,9,15-16H,5-6H2,1H3,(H,18,19). The van der Waals surface area contributed by atoms with E-state index in [1.54, 1.807) is 0 Å². The summed E-state index contributed by atoms with van der Waals surface area (Å²) in [5, 5.41) is 27.3. The highest BCUT2D eigenvalue weighted by atomic mass is 16.5. The lowest BCUT2D eigenvalue weighted by atomic mass is 10.1. The Labute approximate surface area is 115 Å². The summed E-state index contributed by atoms with van der Waals surface area (Å²) in [6.07, 6.45) is -1.85. The van der Waals surface area contributed by atoms with Crippen LogP contribution < -0.4 is 9.64 Å². The Morgan fingerprint density at radius 3 is 2.80 bits per heavy atom. The highest BCUT2D eigenvalue weighted by Gasteiger charge is 2.33. The first kappa shape index (κ1) is 14.3. The van der Waals surface area contributed by atoms with Gasteiger partial charge in [-0.25, -0.2) is 4.79 Å². The van der Waals surface area contributed by atoms with Crippen molar-refractivity contribution in [2.45, 2.75) is 19.1 Å². The van der Waals surface area contributed by atoms with Crippen LogP contribution in [0, 0.1) is 0 Å². The van der Waals surface area contributed by atoms with Crippen LogP contribution in [0.15, 0.2) is 18.2 Å². The molecule has 108 valence electrons. The molecule has 3 N–H and O–H groups in total. The number of aromatic carboxylic acids is 1. The molecular weight excluding hydrogens is 266 g/mol. The zero-order chi connectivity index (χ0) is 14.9. The van der Waals surface area contributed by atoms with Crippen LogP contribution in [-0.2, 0) is 4.79 Å². The van der Waals surface area contributed by atoms with Crippen molar-refractivity contribution < 1.29 is 29.6 Å². The van der Waals surface area contributed by atoms with Gasteiger partial charge in [0.25, 0.3) is 5.91 Å². The number of carboxylic acids is 1. The van der Waals surface area contributed by atoms with Crippen molar-refractivity contribution in [3.63, 3.8) is 0 Å². The Balaban J connectivity index is 2.40. The average Bonchev–Trinajstić information content (AvgIpc) is 2.42. The summed E-state index contributed by atoms with van der Waals surface area (Å²) in [6, 6.07) is 4.14. The van der Waals surface area contributed by atoms with E-state index in [1.165, 1.54) is 30.0 Å². The van der Waals surface area contributed by atoms with Gasteiger partial charge in [0.15, 0.2) is 6.10 Å². The molecule has 0 aliphatic carbocycles. The van der Waals surface area contributed by atoms with Crippen molar-refractivity contribution in [1.29, 1.82) is 0 Å². The van der Waals surface area contributed by atoms with Crippen LogP contribution in [-0.4, -0.2) is 52.6 Å². The maximum atomic E-state index is 12.1. The molecule has 1 aromatic rings. The van der Waals surface area contributed by atoms with E-state index in [0.717, 1.165) is 0 Å². The largest absolute Gasteiger partial charge is 0.479 e. The van der Waals surface area contributed by atoms with Crippen LogP contribution >= 0.6 is 0 Å². The molecule has 1 heterocycles. The molecule has 0 bridgehead atoms. The van der Waals surface area contributed by atoms with E-state index in [9.17, 15) is 14.7 Å². The topological polar surface area (TPSA) is 107 Å². The minimum Gasteiger partial charge on any atom is -0.479 e. The van der Waals surface area contributed by atoms with Gasteiger partial charge in [-0.2, -0.15) is 0 Å². The molecule has 1 aliphatic rings. The number of hydrogen-bond donors (Lipinski definition) is 3. The first-order chi connectivity index (χ1) is 9.43. The number of aliphatic hydroxyl groups excluding tert-OH is 2. The molecule has 0 aromatic heterocycles. The van der Waals surface area contributed by atoms with Gasteiger partial charge < -0.3 is 25.0 Å². The van der Waals surface area contributed by atoms with E-state index in [-0.39, 0.29) is 23.8 Å². The summed E-state index contributed by atoms with van der Waals surface area (Å²) < 4.78 is 5.38. The Hall–Kier alpha value is -2.12. The zero-order valence-corrected chi connectivity index (χ0v) is 10.8. The Kier molecular flexibility index (Phi) is 3.91. The number of hydrogen-bond acceptors (Lipinski definition) is 5. The number of benzene rings is 1. The SMILES string of the molecule is CC1Oc2cc(C(=O)O)ccc2N(CC(O)CO)C1=O. The highest BCUT2D eigenvalue weighted by Crippen LogP contribution is 2.35. The first-order valence-corrected chi connectivity index (χ1v) is 6.08. The van der Waals surface area contributed by atoms with Gasteiger partial charge in [0.1, 0.15) is 5.75 Å². The third-order valence-corrected chi connectivity index (χ3v) is 3.02. The summed E-state index contributed by atoms with van der Waals surface area (Å²) in [5.41, 5.74) is 0.429. The van der Waals surface area contributed by atoms with Gasteiger partial charge in [-0.05, 0) is 25.1 Å². The number of rotatable bonds is 4. The number of carbonyl (C=O) groups is 2. The number of fused-ring (bicyclic) bond motifs is 1. The number of carboxylic acid groups (broad SMARTS) is 1. The highest BCUT2D eigenvalue weighted by molar-refractivity contribution is 6.00. The molecule has 7 heteroatoms. The molecule has 1 aliphatic heterocycles. The Morgan fingerprint density at radius 2 is 2.20 bits per heavy atom. The number of amides is 1. The van der Waals surface area contributed by atoms with E-state index in [1.807, 2.05) is 0 Å². The van der Waals surface area contributed by atoms with E-state index < -0.39 is 24.8 Å². The fraction of sp³-hybridized carbons (Fsp3) is 0.385. The molecule has 0 spiro atoms. The number of carbonyl (C=O) groups excluding carboxylic acids is 1. The molecule has 20 heavy (non-hydrogen) atoms. The number of ether oxygens (including phenoxy) is 1. The van der Waals surface area contributed by atoms with Crippen LogP contribution in [0.25, 0.3) is 0 Å². The monoisotopic (exact) mass is 281 g/mol. The van der Waals surface area contributed by atoms with Gasteiger partial charge in [-0.1, -0.05) is 0 Å². The third-order valence-electron chi connectivity index (χ3n) is 3.02. The molecule has 0 radical (unpaired) electrons. The smallest absolute Gasteiger partial charge is 0.335 e. The summed E-state index contributed by atoms with van der Waals surface area (Å²) in [5.74, 6) is -1.18. The molecule has 2 atom stereocenters. The number of nitrogens with zero attached hydrogens (tertiary/aromatic N) is 1. The van der Waals surface area contributed by atoms with Gasteiger partial charge in [0.05, 0.1) is 30.5 Å². The second-order valence-electron chi connectivity index (χ2n) is 4.53. The minimum absolute atomic E-state index is 0.0490. The second kappa shape index (κ2) is 5.48. The molecule has 2 unspecified atom stereocenters. The summed E-state index contributed by atoms with van der Waals surface area (Å²) >= 11 is 0. The van der Waals surface area contributed by atoms with Crippen molar-refractivity contribution in [3.8, 4) is 5.75 Å². The fourth-order valence-corrected chi connectivity index (χ4v) is 2.00. The van der Waals surface area contributed by atoms with Crippen molar-refractivity contribution in [3.05, 3.63) is 23.8 Å². The van der Waals surface area contributed by atoms with Crippen LogP contribution in [0.4, 0.5) is 5.69 Å². The second-order valence-corrected chi connectivity index (χ2v) is 4.53. The van der Waals surface area contributed by atoms with Crippen molar-refractivity contribution >= 4 is 17.6 Å². The van der Waals surface area contributed by atoms with Crippen molar-refractivity contribution in [2.24, 2.45) is 0 Å². The normalized spacial score (nSPS) is 19.2. The van der Waals surface area contributed by atoms with E-state index in [0.29, 0.717) is 5.69 Å². The Bertz CT molecular complexity index is 544. The molecule has 1 amide bonds. The summed E-state index contributed by atoms with van der Waals surface area (Å²) in [6.45, 7) is 0.987. The first-order valence-electron chi connectivity index (χ1n) is 6.08. The average molecular weight is 281 g/mol. The lowest BCUT2D eigenvalue weighted by Gasteiger charge is -2.34. The van der Waals surface area contributed by atoms with E-state index in [2.05, 4.69) is 0 Å². The number of aliphatic hydroxyl groups is 2. The lowest BCUT2D eigenvalue weighted by molar-refractivity contribution is -0.126. The van der Waals surface area contributed by atoms with Gasteiger partial charge in [-0.15, -0.1) is 0 Å². The van der Waals surface area contributed by atoms with Crippen molar-refractivity contribution in [2.75, 3.05) is 18.1 Å². The van der Waals surface area contributed by atoms with Gasteiger partial charge in [0.2, 0.25) is 0 Å². The van der Waals surface area contributed by atoms with Crippen LogP contribution in [0.5, 0.6) is 5.75 Å². The molecule has 0 fully saturated rings. The van der Waals surface area contributed by atoms with Gasteiger partial charge in [-0.3, -0.25) is 4.79 Å². The molecule has 7 nitrogen and oxygen atoms in total. The molecule has 0 saturated heterocycles. The fourth-order valence-electron chi connectivity index (χ4n) is 2.00. The molecule has 0 saturated carbocycles. The zero-order valence-electron chi connectivity index (χ0n) is 10.8. The van der Waals surface area contributed by atoms with E-state index >= 15 is 0 Å². The summed E-state index contributed by atoms with van der Waals surface area (Å²) in [4.78, 5) is 24.3. The molecule has 2 rings (SSSR count). The Morgan fingerprint density at radius 1 is 1.50 bits per heavy atom. The van der Waals surface area contributed by atoms with Crippen LogP contribution in [0.1, 0.15) is 17.3 Å². The van der Waals surface area contributed by atoms with E-state index in [4.69, 9.17) is 14.9 Å². The molecule has 1 aromatic carbocycles. The number of β-amino-alcohol motifs (C(OH)–C–C–N with tert-alkyl or cyclic N) is 1.